The van der Waals surface area contributed by atoms with Crippen molar-refractivity contribution in [2.24, 2.45) is 0 Å². The van der Waals surface area contributed by atoms with Gasteiger partial charge in [0, 0.05) is 4.90 Å². The molecule has 0 N–H and O–H groups in total. The first-order valence-corrected chi connectivity index (χ1v) is 6.21. The Morgan fingerprint density at radius 2 is 2.00 bits per heavy atom. The topological polar surface area (TPSA) is 26.3 Å². The zero-order valence-electron chi connectivity index (χ0n) is 8.86. The van der Waals surface area contributed by atoms with Crippen molar-refractivity contribution in [1.29, 1.82) is 0 Å². The second-order valence-corrected chi connectivity index (χ2v) is 4.12. The molecule has 81 valence electrons. The van der Waals surface area contributed by atoms with Crippen molar-refractivity contribution in [2.75, 3.05) is 12.9 Å². The molecule has 0 heterocycles. The number of hydrogen-bond donors (Lipinski definition) is 0. The molecule has 0 atom stereocenters. The third kappa shape index (κ3) is 4.88. The SMILES string of the molecule is CSc1ccc(CCCCO[C]=O)cc1. The maximum atomic E-state index is 9.76. The number of ether oxygens (including phenoxy) is 1. The van der Waals surface area contributed by atoms with Gasteiger partial charge in [-0.1, -0.05) is 12.1 Å². The summed E-state index contributed by atoms with van der Waals surface area (Å²) >= 11 is 1.75. The van der Waals surface area contributed by atoms with Crippen molar-refractivity contribution in [2.45, 2.75) is 24.2 Å². The van der Waals surface area contributed by atoms with Gasteiger partial charge in [0.15, 0.2) is 0 Å². The van der Waals surface area contributed by atoms with Gasteiger partial charge in [-0.15, -0.1) is 11.8 Å². The molecule has 2 nitrogen and oxygen atoms in total. The van der Waals surface area contributed by atoms with Gasteiger partial charge in [-0.25, -0.2) is 4.79 Å². The van der Waals surface area contributed by atoms with Gasteiger partial charge in [-0.3, -0.25) is 0 Å². The lowest BCUT2D eigenvalue weighted by Crippen LogP contribution is -1.93. The first kappa shape index (κ1) is 12.1. The third-order valence-electron chi connectivity index (χ3n) is 2.18. The predicted molar refractivity (Wildman–Crippen MR) is 62.8 cm³/mol. The molecule has 0 aliphatic rings. The summed E-state index contributed by atoms with van der Waals surface area (Å²) in [5.74, 6) is 0. The Morgan fingerprint density at radius 1 is 1.27 bits per heavy atom. The van der Waals surface area contributed by atoms with E-state index in [1.165, 1.54) is 16.9 Å². The number of aryl methyl sites for hydroxylation is 1. The highest BCUT2D eigenvalue weighted by atomic mass is 32.2. The van der Waals surface area contributed by atoms with Crippen LogP contribution in [0.3, 0.4) is 0 Å². The van der Waals surface area contributed by atoms with E-state index in [2.05, 4.69) is 35.3 Å². The lowest BCUT2D eigenvalue weighted by atomic mass is 10.1. The Hall–Kier alpha value is -0.960. The van der Waals surface area contributed by atoms with Gasteiger partial charge >= 0.3 is 6.47 Å². The standard InChI is InChI=1S/C12H15O2S/c1-15-12-7-5-11(6-8-12)4-2-3-9-14-10-13/h5-8H,2-4,9H2,1H3. The van der Waals surface area contributed by atoms with Gasteiger partial charge in [0.2, 0.25) is 0 Å². The van der Waals surface area contributed by atoms with Gasteiger partial charge < -0.3 is 4.74 Å². The van der Waals surface area contributed by atoms with Crippen molar-refractivity contribution in [1.82, 2.24) is 0 Å². The second-order valence-electron chi connectivity index (χ2n) is 3.24. The number of carbonyl (C=O) groups excluding carboxylic acids is 1. The summed E-state index contributed by atoms with van der Waals surface area (Å²) in [4.78, 5) is 11.0. The maximum Gasteiger partial charge on any atom is 0.417 e. The lowest BCUT2D eigenvalue weighted by Gasteiger charge is -2.02. The minimum atomic E-state index is 0.479. The predicted octanol–water partition coefficient (Wildman–Crippen LogP) is 2.82. The molecule has 1 aromatic rings. The molecule has 0 bridgehead atoms. The molecule has 1 aromatic carbocycles. The molecule has 0 aliphatic carbocycles. The highest BCUT2D eigenvalue weighted by molar-refractivity contribution is 7.98. The van der Waals surface area contributed by atoms with Crippen molar-refractivity contribution in [3.8, 4) is 0 Å². The number of benzene rings is 1. The van der Waals surface area contributed by atoms with Crippen molar-refractivity contribution < 1.29 is 9.53 Å². The van der Waals surface area contributed by atoms with Crippen LogP contribution in [-0.4, -0.2) is 19.3 Å². The first-order chi connectivity index (χ1) is 7.36. The Labute approximate surface area is 95.0 Å². The normalized spacial score (nSPS) is 9.93. The van der Waals surface area contributed by atoms with E-state index in [-0.39, 0.29) is 0 Å². The van der Waals surface area contributed by atoms with Crippen LogP contribution in [0.1, 0.15) is 18.4 Å². The average Bonchev–Trinajstić information content (AvgIpc) is 2.30. The van der Waals surface area contributed by atoms with Crippen LogP contribution < -0.4 is 0 Å². The van der Waals surface area contributed by atoms with E-state index in [0.717, 1.165) is 19.3 Å². The summed E-state index contributed by atoms with van der Waals surface area (Å²) in [5.41, 5.74) is 1.34. The zero-order valence-corrected chi connectivity index (χ0v) is 9.68. The minimum absolute atomic E-state index is 0.479. The minimum Gasteiger partial charge on any atom is -0.457 e. The van der Waals surface area contributed by atoms with E-state index in [4.69, 9.17) is 0 Å². The number of unbranched alkanes of at least 4 members (excludes halogenated alkanes) is 1. The molecule has 0 saturated heterocycles. The first-order valence-electron chi connectivity index (χ1n) is 4.98. The smallest absolute Gasteiger partial charge is 0.417 e. The Kier molecular flexibility index (Phi) is 5.93. The zero-order chi connectivity index (χ0) is 10.9. The fourth-order valence-electron chi connectivity index (χ4n) is 1.34. The molecule has 0 unspecified atom stereocenters. The summed E-state index contributed by atoms with van der Waals surface area (Å²) < 4.78 is 4.50. The van der Waals surface area contributed by atoms with Crippen LogP contribution >= 0.6 is 11.8 Å². The van der Waals surface area contributed by atoms with E-state index in [1.807, 2.05) is 0 Å². The summed E-state index contributed by atoms with van der Waals surface area (Å²) in [6.07, 6.45) is 5.05. The average molecular weight is 223 g/mol. The Bertz CT molecular complexity index is 282. The summed E-state index contributed by atoms with van der Waals surface area (Å²) in [6.45, 7) is 1.91. The molecule has 1 rings (SSSR count). The molecule has 3 heteroatoms. The lowest BCUT2D eigenvalue weighted by molar-refractivity contribution is 0.270. The number of rotatable bonds is 7. The van der Waals surface area contributed by atoms with Crippen LogP contribution in [0.25, 0.3) is 0 Å². The summed E-state index contributed by atoms with van der Waals surface area (Å²) in [7, 11) is 0. The van der Waals surface area contributed by atoms with E-state index in [1.54, 1.807) is 11.8 Å². The van der Waals surface area contributed by atoms with E-state index in [0.29, 0.717) is 6.61 Å². The van der Waals surface area contributed by atoms with Gasteiger partial charge in [0.25, 0.3) is 0 Å². The monoisotopic (exact) mass is 223 g/mol. The molecule has 0 spiro atoms. The largest absolute Gasteiger partial charge is 0.457 e. The van der Waals surface area contributed by atoms with E-state index in [9.17, 15) is 4.79 Å². The van der Waals surface area contributed by atoms with Crippen LogP contribution in [0.5, 0.6) is 0 Å². The van der Waals surface area contributed by atoms with E-state index < -0.39 is 0 Å². The van der Waals surface area contributed by atoms with E-state index >= 15 is 0 Å². The molecular weight excluding hydrogens is 208 g/mol. The van der Waals surface area contributed by atoms with Gasteiger partial charge in [-0.2, -0.15) is 0 Å². The number of thioether (sulfide) groups is 1. The molecule has 15 heavy (non-hydrogen) atoms. The van der Waals surface area contributed by atoms with Gasteiger partial charge in [-0.05, 0) is 43.2 Å². The van der Waals surface area contributed by atoms with Crippen LogP contribution in [0, 0.1) is 0 Å². The Balaban J connectivity index is 2.22. The van der Waals surface area contributed by atoms with Gasteiger partial charge in [0.1, 0.15) is 0 Å². The maximum absolute atomic E-state index is 9.76. The molecular formula is C12H15O2S. The summed E-state index contributed by atoms with van der Waals surface area (Å²) in [6, 6.07) is 8.57. The molecule has 0 saturated carbocycles. The number of hydrogen-bond acceptors (Lipinski definition) is 3. The fraction of sp³-hybridized carbons (Fsp3) is 0.417. The fourth-order valence-corrected chi connectivity index (χ4v) is 1.75. The second kappa shape index (κ2) is 7.35. The molecule has 0 fully saturated rings. The molecule has 0 aromatic heterocycles. The molecule has 1 radical (unpaired) electrons. The van der Waals surface area contributed by atoms with Crippen LogP contribution in [0.2, 0.25) is 0 Å². The van der Waals surface area contributed by atoms with Crippen LogP contribution in [0.15, 0.2) is 29.2 Å². The van der Waals surface area contributed by atoms with Crippen molar-refractivity contribution in [3.05, 3.63) is 29.8 Å². The van der Waals surface area contributed by atoms with Crippen LogP contribution in [0.4, 0.5) is 0 Å². The molecule has 0 aliphatic heterocycles. The molecule has 0 amide bonds. The Morgan fingerprint density at radius 3 is 2.60 bits per heavy atom. The highest BCUT2D eigenvalue weighted by Gasteiger charge is 1.94. The van der Waals surface area contributed by atoms with Crippen LogP contribution in [-0.2, 0) is 16.0 Å². The quantitative estimate of drug-likeness (QED) is 0.525. The highest BCUT2D eigenvalue weighted by Crippen LogP contribution is 2.15. The van der Waals surface area contributed by atoms with Crippen molar-refractivity contribution in [3.63, 3.8) is 0 Å². The van der Waals surface area contributed by atoms with Gasteiger partial charge in [0.05, 0.1) is 6.61 Å². The summed E-state index contributed by atoms with van der Waals surface area (Å²) in [5, 5.41) is 0. The van der Waals surface area contributed by atoms with Crippen molar-refractivity contribution >= 4 is 18.2 Å². The third-order valence-corrected chi connectivity index (χ3v) is 2.92.